The number of rotatable bonds is 7. The number of aliphatic hydroxyl groups excluding tert-OH is 1. The highest BCUT2D eigenvalue weighted by Gasteiger charge is 2.34. The lowest BCUT2D eigenvalue weighted by atomic mass is 10.0. The number of amides is 1. The molecule has 2 heterocycles. The number of hydrogen-bond acceptors (Lipinski definition) is 5. The minimum Gasteiger partial charge on any atom is -0.391 e. The van der Waals surface area contributed by atoms with Crippen LogP contribution in [0.25, 0.3) is 0 Å². The third-order valence-corrected chi connectivity index (χ3v) is 4.79. The van der Waals surface area contributed by atoms with Crippen LogP contribution in [-0.2, 0) is 11.2 Å². The summed E-state index contributed by atoms with van der Waals surface area (Å²) in [6.07, 6.45) is 1.20. The molecule has 1 aliphatic heterocycles. The van der Waals surface area contributed by atoms with Gasteiger partial charge >= 0.3 is 0 Å². The van der Waals surface area contributed by atoms with Gasteiger partial charge in [-0.3, -0.25) is 9.59 Å². The Morgan fingerprint density at radius 1 is 1.23 bits per heavy atom. The van der Waals surface area contributed by atoms with E-state index in [4.69, 9.17) is 4.52 Å². The summed E-state index contributed by atoms with van der Waals surface area (Å²) in [5, 5.41) is 14.1. The summed E-state index contributed by atoms with van der Waals surface area (Å²) < 4.78 is 5.20. The first-order chi connectivity index (χ1) is 12.5. The van der Waals surface area contributed by atoms with Crippen molar-refractivity contribution in [3.8, 4) is 0 Å². The number of hydrogen-bond donors (Lipinski definition) is 1. The summed E-state index contributed by atoms with van der Waals surface area (Å²) in [6, 6.07) is 11.0. The molecule has 2 aromatic rings. The van der Waals surface area contributed by atoms with Crippen LogP contribution in [0.3, 0.4) is 0 Å². The second kappa shape index (κ2) is 8.27. The number of nitrogens with zero attached hydrogens (tertiary/aromatic N) is 2. The molecule has 0 radical (unpaired) electrons. The lowest BCUT2D eigenvalue weighted by molar-refractivity contribution is -0.130. The van der Waals surface area contributed by atoms with Gasteiger partial charge in [-0.05, 0) is 13.3 Å². The number of aryl methyl sites for hydroxylation is 1. The van der Waals surface area contributed by atoms with E-state index in [2.05, 4.69) is 5.16 Å². The minimum absolute atomic E-state index is 0.0128. The van der Waals surface area contributed by atoms with E-state index in [1.807, 2.05) is 31.2 Å². The van der Waals surface area contributed by atoms with E-state index in [9.17, 15) is 14.7 Å². The number of likely N-dealkylation sites (tertiary alicyclic amines) is 1. The first kappa shape index (κ1) is 18.3. The fourth-order valence-corrected chi connectivity index (χ4v) is 3.36. The molecule has 0 saturated carbocycles. The summed E-state index contributed by atoms with van der Waals surface area (Å²) >= 11 is 0. The highest BCUT2D eigenvalue weighted by Crippen LogP contribution is 2.23. The molecule has 26 heavy (non-hydrogen) atoms. The molecule has 1 aromatic heterocycles. The Hall–Kier alpha value is -2.47. The summed E-state index contributed by atoms with van der Waals surface area (Å²) in [5.74, 6) is 0.728. The molecule has 2 atom stereocenters. The molecular weight excluding hydrogens is 332 g/mol. The first-order valence-electron chi connectivity index (χ1n) is 8.99. The maximum absolute atomic E-state index is 12.4. The quantitative estimate of drug-likeness (QED) is 0.770. The fourth-order valence-electron chi connectivity index (χ4n) is 3.36. The molecule has 0 spiro atoms. The van der Waals surface area contributed by atoms with E-state index in [0.29, 0.717) is 44.3 Å². The van der Waals surface area contributed by atoms with Gasteiger partial charge in [0.15, 0.2) is 5.78 Å². The van der Waals surface area contributed by atoms with Gasteiger partial charge in [-0.1, -0.05) is 35.5 Å². The second-order valence-corrected chi connectivity index (χ2v) is 6.91. The van der Waals surface area contributed by atoms with Gasteiger partial charge in [0.2, 0.25) is 5.91 Å². The number of carbonyl (C=O) groups excluding carboxylic acids is 2. The van der Waals surface area contributed by atoms with E-state index < -0.39 is 6.10 Å². The van der Waals surface area contributed by atoms with Crippen molar-refractivity contribution in [3.05, 3.63) is 53.4 Å². The molecular formula is C20H24N2O4. The molecule has 138 valence electrons. The predicted molar refractivity (Wildman–Crippen MR) is 95.6 cm³/mol. The van der Waals surface area contributed by atoms with Crippen molar-refractivity contribution in [2.45, 2.75) is 38.7 Å². The first-order valence-corrected chi connectivity index (χ1v) is 8.99. The molecule has 0 unspecified atom stereocenters. The lowest BCUT2D eigenvalue weighted by Gasteiger charge is -2.15. The molecule has 6 heteroatoms. The Morgan fingerprint density at radius 2 is 2.00 bits per heavy atom. The fraction of sp³-hybridized carbons (Fsp3) is 0.450. The Kier molecular flexibility index (Phi) is 5.83. The van der Waals surface area contributed by atoms with E-state index in [-0.39, 0.29) is 17.6 Å². The third-order valence-electron chi connectivity index (χ3n) is 4.79. The van der Waals surface area contributed by atoms with E-state index >= 15 is 0 Å². The van der Waals surface area contributed by atoms with Gasteiger partial charge in [-0.15, -0.1) is 0 Å². The molecule has 1 aromatic carbocycles. The van der Waals surface area contributed by atoms with Crippen molar-refractivity contribution in [1.82, 2.24) is 10.1 Å². The maximum atomic E-state index is 12.4. The van der Waals surface area contributed by atoms with Gasteiger partial charge in [0.1, 0.15) is 5.76 Å². The van der Waals surface area contributed by atoms with Gasteiger partial charge < -0.3 is 14.5 Å². The Balaban J connectivity index is 1.44. The Labute approximate surface area is 152 Å². The van der Waals surface area contributed by atoms with Gasteiger partial charge in [0.05, 0.1) is 11.8 Å². The van der Waals surface area contributed by atoms with E-state index in [1.165, 1.54) is 0 Å². The number of aliphatic hydroxyl groups is 1. The number of aromatic nitrogens is 1. The Morgan fingerprint density at radius 3 is 2.69 bits per heavy atom. The smallest absolute Gasteiger partial charge is 0.222 e. The van der Waals surface area contributed by atoms with Crippen molar-refractivity contribution in [2.24, 2.45) is 5.92 Å². The van der Waals surface area contributed by atoms with Crippen LogP contribution in [0.15, 0.2) is 40.9 Å². The van der Waals surface area contributed by atoms with Crippen LogP contribution in [0.5, 0.6) is 0 Å². The zero-order valence-corrected chi connectivity index (χ0v) is 14.9. The summed E-state index contributed by atoms with van der Waals surface area (Å²) in [5.41, 5.74) is 1.49. The number of benzene rings is 1. The van der Waals surface area contributed by atoms with Crippen molar-refractivity contribution < 1.29 is 19.2 Å². The van der Waals surface area contributed by atoms with Crippen LogP contribution in [0.2, 0.25) is 0 Å². The third kappa shape index (κ3) is 4.58. The van der Waals surface area contributed by atoms with Gasteiger partial charge in [-0.2, -0.15) is 0 Å². The number of β-amino-alcohol motifs (C(OH)–C–C–N with tert-alkyl or cyclic N) is 1. The lowest BCUT2D eigenvalue weighted by Crippen LogP contribution is -2.29. The molecule has 1 saturated heterocycles. The zero-order valence-electron chi connectivity index (χ0n) is 14.9. The van der Waals surface area contributed by atoms with Crippen LogP contribution < -0.4 is 0 Å². The molecule has 1 fully saturated rings. The molecule has 0 bridgehead atoms. The average molecular weight is 356 g/mol. The molecule has 1 aliphatic rings. The number of ketones is 1. The number of carbonyl (C=O) groups is 2. The molecule has 0 aliphatic carbocycles. The largest absolute Gasteiger partial charge is 0.391 e. The summed E-state index contributed by atoms with van der Waals surface area (Å²) in [4.78, 5) is 26.1. The molecule has 3 rings (SSSR count). The summed E-state index contributed by atoms with van der Waals surface area (Å²) in [6.45, 7) is 2.69. The van der Waals surface area contributed by atoms with Crippen LogP contribution in [0.4, 0.5) is 0 Å². The van der Waals surface area contributed by atoms with Crippen molar-refractivity contribution in [1.29, 1.82) is 0 Å². The molecule has 1 amide bonds. The number of Topliss-reactive ketones (excluding diaryl/α,β-unsaturated/α-hetero) is 1. The minimum atomic E-state index is -0.560. The zero-order chi connectivity index (χ0) is 18.5. The maximum Gasteiger partial charge on any atom is 0.222 e. The molecule has 6 nitrogen and oxygen atoms in total. The summed E-state index contributed by atoms with van der Waals surface area (Å²) in [7, 11) is 0. The van der Waals surface area contributed by atoms with Crippen LogP contribution in [0.1, 0.15) is 41.1 Å². The highest BCUT2D eigenvalue weighted by molar-refractivity contribution is 5.96. The average Bonchev–Trinajstić information content (AvgIpc) is 3.21. The van der Waals surface area contributed by atoms with E-state index in [1.54, 1.807) is 17.0 Å². The molecule has 1 N–H and O–H groups in total. The Bertz CT molecular complexity index is 756. The van der Waals surface area contributed by atoms with Crippen LogP contribution in [0, 0.1) is 12.8 Å². The van der Waals surface area contributed by atoms with Crippen LogP contribution in [-0.4, -0.2) is 46.0 Å². The van der Waals surface area contributed by atoms with Crippen molar-refractivity contribution in [2.75, 3.05) is 13.1 Å². The van der Waals surface area contributed by atoms with Gasteiger partial charge in [0, 0.05) is 49.9 Å². The topological polar surface area (TPSA) is 83.6 Å². The normalized spacial score (nSPS) is 19.7. The van der Waals surface area contributed by atoms with Crippen molar-refractivity contribution >= 4 is 11.7 Å². The predicted octanol–water partition coefficient (Wildman–Crippen LogP) is 2.40. The highest BCUT2D eigenvalue weighted by atomic mass is 16.5. The van der Waals surface area contributed by atoms with Crippen LogP contribution >= 0.6 is 0 Å². The SMILES string of the molecule is Cc1cc(C[C@@H]2CN(C(=O)CCCC(=O)c3ccccc3)C[C@@H]2O)on1. The standard InChI is InChI=1S/C20H24N2O4/c1-14-10-17(26-21-14)11-16-12-22(13-19(16)24)20(25)9-5-8-18(23)15-6-3-2-4-7-15/h2-4,6-7,10,16,19,24H,5,8-9,11-13H2,1H3/t16-,19+/m1/s1. The van der Waals surface area contributed by atoms with Gasteiger partial charge in [-0.25, -0.2) is 0 Å². The van der Waals surface area contributed by atoms with E-state index in [0.717, 1.165) is 11.5 Å². The second-order valence-electron chi connectivity index (χ2n) is 6.91. The van der Waals surface area contributed by atoms with Crippen molar-refractivity contribution in [3.63, 3.8) is 0 Å². The van der Waals surface area contributed by atoms with Gasteiger partial charge in [0.25, 0.3) is 0 Å². The monoisotopic (exact) mass is 356 g/mol.